The highest BCUT2D eigenvalue weighted by Gasteiger charge is 2.25. The van der Waals surface area contributed by atoms with Gasteiger partial charge < -0.3 is 10.4 Å². The van der Waals surface area contributed by atoms with E-state index in [4.69, 9.17) is 28.3 Å². The minimum atomic E-state index is -1.21. The second kappa shape index (κ2) is 12.1. The highest BCUT2D eigenvalue weighted by Crippen LogP contribution is 2.36. The van der Waals surface area contributed by atoms with Crippen molar-refractivity contribution in [2.45, 2.75) is 48.8 Å². The number of hydrogen-bond acceptors (Lipinski definition) is 8. The molecule has 2 rings (SSSR count). The largest absolute Gasteiger partial charge is 0.481 e. The van der Waals surface area contributed by atoms with E-state index < -0.39 is 29.5 Å². The summed E-state index contributed by atoms with van der Waals surface area (Å²) in [6, 6.07) is 3.85. The topological polar surface area (TPSA) is 127 Å². The number of carbonyl (C=O) groups is 3. The number of unbranched alkanes of at least 4 members (excludes halogenated alkanes) is 1. The first kappa shape index (κ1) is 24.4. The smallest absolute Gasteiger partial charge is 0.305 e. The van der Waals surface area contributed by atoms with Crippen LogP contribution in [0, 0.1) is 0 Å². The lowest BCUT2D eigenvalue weighted by Gasteiger charge is -2.15. The van der Waals surface area contributed by atoms with Crippen molar-refractivity contribution >= 4 is 63.7 Å². The number of aliphatic carboxylic acids is 1. The molecule has 2 N–H and O–H groups in total. The maximum atomic E-state index is 12.5. The van der Waals surface area contributed by atoms with E-state index in [1.807, 2.05) is 6.92 Å². The van der Waals surface area contributed by atoms with Gasteiger partial charge in [0.05, 0.1) is 21.4 Å². The third-order valence-electron chi connectivity index (χ3n) is 3.63. The standard InChI is InChI=1S/C17H19Cl2N5O4S2/c1-2-3-7-29-17(28)20-12(8-14(26)27)13(25)9-24-22-16(21-23-24)30-15-10(18)5-4-6-11(15)19/h4-6,12H,2-3,7-9H2,1H3,(H,20,28)(H,26,27). The molecule has 30 heavy (non-hydrogen) atoms. The number of tetrazole rings is 1. The average molecular weight is 492 g/mol. The lowest BCUT2D eigenvalue weighted by molar-refractivity contribution is -0.139. The van der Waals surface area contributed by atoms with Crippen molar-refractivity contribution in [1.82, 2.24) is 25.5 Å². The Kier molecular flexibility index (Phi) is 9.89. The lowest BCUT2D eigenvalue weighted by Crippen LogP contribution is -2.42. The fraction of sp³-hybridized carbons (Fsp3) is 0.412. The van der Waals surface area contributed by atoms with Gasteiger partial charge in [-0.2, -0.15) is 4.80 Å². The molecular formula is C17H19Cl2N5O4S2. The molecule has 1 atom stereocenters. The molecule has 0 fully saturated rings. The molecule has 0 saturated heterocycles. The highest BCUT2D eigenvalue weighted by atomic mass is 35.5. The number of carbonyl (C=O) groups excluding carboxylic acids is 2. The fourth-order valence-electron chi connectivity index (χ4n) is 2.17. The zero-order chi connectivity index (χ0) is 22.1. The Labute approximate surface area is 191 Å². The van der Waals surface area contributed by atoms with Gasteiger partial charge in [-0.25, -0.2) is 0 Å². The van der Waals surface area contributed by atoms with Crippen molar-refractivity contribution in [3.05, 3.63) is 28.2 Å². The normalized spacial score (nSPS) is 11.8. The van der Waals surface area contributed by atoms with E-state index in [1.165, 1.54) is 0 Å². The van der Waals surface area contributed by atoms with Crippen molar-refractivity contribution in [3.63, 3.8) is 0 Å². The Morgan fingerprint density at radius 3 is 2.60 bits per heavy atom. The van der Waals surface area contributed by atoms with E-state index in [0.29, 0.717) is 20.7 Å². The van der Waals surface area contributed by atoms with Gasteiger partial charge in [-0.3, -0.25) is 14.4 Å². The Morgan fingerprint density at radius 2 is 1.97 bits per heavy atom. The molecule has 0 aliphatic rings. The third-order valence-corrected chi connectivity index (χ3v) is 6.35. The van der Waals surface area contributed by atoms with Crippen LogP contribution in [0.1, 0.15) is 26.2 Å². The second-order valence-corrected chi connectivity index (χ2v) is 8.87. The predicted octanol–water partition coefficient (Wildman–Crippen LogP) is 3.79. The number of hydrogen-bond donors (Lipinski definition) is 2. The molecule has 0 aliphatic carbocycles. The van der Waals surface area contributed by atoms with Crippen molar-refractivity contribution in [2.75, 3.05) is 5.75 Å². The van der Waals surface area contributed by atoms with Crippen LogP contribution in [-0.2, 0) is 16.1 Å². The van der Waals surface area contributed by atoms with Gasteiger partial charge in [-0.1, -0.05) is 54.4 Å². The molecular weight excluding hydrogens is 473 g/mol. The maximum Gasteiger partial charge on any atom is 0.305 e. The summed E-state index contributed by atoms with van der Waals surface area (Å²) in [6.45, 7) is 1.65. The molecule has 1 unspecified atom stereocenters. The number of nitrogens with one attached hydrogen (secondary N) is 1. The van der Waals surface area contributed by atoms with Crippen molar-refractivity contribution in [3.8, 4) is 0 Å². The molecule has 0 aliphatic heterocycles. The Bertz CT molecular complexity index is 892. The van der Waals surface area contributed by atoms with Crippen LogP contribution in [0.4, 0.5) is 4.79 Å². The van der Waals surface area contributed by atoms with Crippen LogP contribution in [0.2, 0.25) is 10.0 Å². The third kappa shape index (κ3) is 7.78. The molecule has 0 bridgehead atoms. The summed E-state index contributed by atoms with van der Waals surface area (Å²) in [7, 11) is 0. The molecule has 0 saturated carbocycles. The van der Waals surface area contributed by atoms with Crippen LogP contribution in [0.3, 0.4) is 0 Å². The highest BCUT2D eigenvalue weighted by molar-refractivity contribution is 8.13. The van der Waals surface area contributed by atoms with Gasteiger partial charge >= 0.3 is 5.97 Å². The summed E-state index contributed by atoms with van der Waals surface area (Å²) in [4.78, 5) is 37.2. The summed E-state index contributed by atoms with van der Waals surface area (Å²) in [5, 5.41) is 23.8. The fourth-order valence-corrected chi connectivity index (χ4v) is 4.37. The number of aromatic nitrogens is 4. The number of Topliss-reactive ketones (excluding diaryl/α,β-unsaturated/α-hetero) is 1. The van der Waals surface area contributed by atoms with Crippen LogP contribution in [0.5, 0.6) is 0 Å². The zero-order valence-corrected chi connectivity index (χ0v) is 19.0. The molecule has 9 nitrogen and oxygen atoms in total. The molecule has 13 heteroatoms. The van der Waals surface area contributed by atoms with Crippen LogP contribution in [0.15, 0.2) is 28.3 Å². The van der Waals surface area contributed by atoms with Gasteiger partial charge in [0.25, 0.3) is 5.24 Å². The van der Waals surface area contributed by atoms with E-state index in [1.54, 1.807) is 18.2 Å². The van der Waals surface area contributed by atoms with E-state index in [-0.39, 0.29) is 11.7 Å². The number of carboxylic acid groups (broad SMARTS) is 1. The molecule has 1 heterocycles. The van der Waals surface area contributed by atoms with Gasteiger partial charge in [-0.05, 0) is 35.5 Å². The first-order chi connectivity index (χ1) is 14.3. The van der Waals surface area contributed by atoms with E-state index in [9.17, 15) is 14.4 Å². The van der Waals surface area contributed by atoms with Crippen LogP contribution >= 0.6 is 46.7 Å². The average Bonchev–Trinajstić information content (AvgIpc) is 3.11. The maximum absolute atomic E-state index is 12.5. The van der Waals surface area contributed by atoms with Crippen molar-refractivity contribution in [1.29, 1.82) is 0 Å². The van der Waals surface area contributed by atoms with Gasteiger partial charge in [0.2, 0.25) is 5.16 Å². The van der Waals surface area contributed by atoms with Crippen LogP contribution < -0.4 is 5.32 Å². The molecule has 1 aromatic carbocycles. The molecule has 1 amide bonds. The molecule has 0 spiro atoms. The van der Waals surface area contributed by atoms with E-state index >= 15 is 0 Å². The minimum absolute atomic E-state index is 0.215. The monoisotopic (exact) mass is 491 g/mol. The summed E-state index contributed by atoms with van der Waals surface area (Å²) in [6.07, 6.45) is 1.23. The summed E-state index contributed by atoms with van der Waals surface area (Å²) in [5.41, 5.74) is 0. The number of thioether (sulfide) groups is 1. The van der Waals surface area contributed by atoms with E-state index in [0.717, 1.165) is 41.2 Å². The molecule has 1 aromatic heterocycles. The van der Waals surface area contributed by atoms with Gasteiger partial charge in [-0.15, -0.1) is 10.2 Å². The number of rotatable bonds is 11. The Hall–Kier alpha value is -1.82. The van der Waals surface area contributed by atoms with Gasteiger partial charge in [0.15, 0.2) is 5.78 Å². The quantitative estimate of drug-likeness (QED) is 0.451. The lowest BCUT2D eigenvalue weighted by atomic mass is 10.1. The predicted molar refractivity (Wildman–Crippen MR) is 115 cm³/mol. The number of amides is 1. The van der Waals surface area contributed by atoms with Crippen LogP contribution in [-0.4, -0.2) is 54.1 Å². The van der Waals surface area contributed by atoms with E-state index in [2.05, 4.69) is 20.7 Å². The minimum Gasteiger partial charge on any atom is -0.481 e. The second-order valence-electron chi connectivity index (χ2n) is 6.01. The number of benzene rings is 1. The number of halogens is 2. The van der Waals surface area contributed by atoms with Crippen molar-refractivity contribution in [2.24, 2.45) is 0 Å². The molecule has 2 aromatic rings. The van der Waals surface area contributed by atoms with Crippen molar-refractivity contribution < 1.29 is 19.5 Å². The van der Waals surface area contributed by atoms with Gasteiger partial charge in [0.1, 0.15) is 12.6 Å². The number of nitrogens with zero attached hydrogens (tertiary/aromatic N) is 4. The number of carboxylic acids is 1. The Balaban J connectivity index is 2.01. The zero-order valence-electron chi connectivity index (χ0n) is 15.9. The first-order valence-corrected chi connectivity index (χ1v) is 11.4. The summed E-state index contributed by atoms with van der Waals surface area (Å²) >= 11 is 14.3. The number of ketones is 1. The summed E-state index contributed by atoms with van der Waals surface area (Å²) < 4.78 is 0. The molecule has 162 valence electrons. The SMILES string of the molecule is CCCCSC(=O)NC(CC(=O)O)C(=O)Cn1nnc(Sc2c(Cl)cccc2Cl)n1. The van der Waals surface area contributed by atoms with Crippen LogP contribution in [0.25, 0.3) is 0 Å². The molecule has 0 radical (unpaired) electrons. The summed E-state index contributed by atoms with van der Waals surface area (Å²) in [5.74, 6) is -1.17. The first-order valence-electron chi connectivity index (χ1n) is 8.87. The van der Waals surface area contributed by atoms with Gasteiger partial charge in [0, 0.05) is 5.75 Å². The Morgan fingerprint density at radius 1 is 1.27 bits per heavy atom.